The van der Waals surface area contributed by atoms with Gasteiger partial charge in [-0.05, 0) is 35.2 Å². The van der Waals surface area contributed by atoms with Crippen LogP contribution in [0.4, 0.5) is 10.2 Å². The first-order valence-corrected chi connectivity index (χ1v) is 5.87. The smallest absolute Gasteiger partial charge is 0.228 e. The van der Waals surface area contributed by atoms with Gasteiger partial charge in [0.1, 0.15) is 10.8 Å². The van der Waals surface area contributed by atoms with Crippen molar-refractivity contribution in [1.29, 1.82) is 0 Å². The summed E-state index contributed by atoms with van der Waals surface area (Å²) in [5.74, 6) is -0.0231. The van der Waals surface area contributed by atoms with Gasteiger partial charge in [0, 0.05) is 5.92 Å². The lowest BCUT2D eigenvalue weighted by Crippen LogP contribution is -2.21. The molecule has 86 valence electrons. The Balaban J connectivity index is 1.97. The fraction of sp³-hybridized carbons (Fsp3) is 0.500. The molecule has 0 aliphatic heterocycles. The monoisotopic (exact) mass is 287 g/mol. The van der Waals surface area contributed by atoms with Crippen LogP contribution in [0.3, 0.4) is 0 Å². The predicted octanol–water partition coefficient (Wildman–Crippen LogP) is 2.32. The SMILES string of the molecule is O=C(Nc1cncc(Br)n1)[C@H]1CC[C@H](F)C1. The zero-order chi connectivity index (χ0) is 11.5. The molecule has 0 saturated heterocycles. The number of nitrogens with one attached hydrogen (secondary N) is 1. The van der Waals surface area contributed by atoms with E-state index in [-0.39, 0.29) is 11.8 Å². The maximum absolute atomic E-state index is 12.9. The van der Waals surface area contributed by atoms with Crippen LogP contribution < -0.4 is 5.32 Å². The molecule has 0 radical (unpaired) electrons. The zero-order valence-corrected chi connectivity index (χ0v) is 10.1. The highest BCUT2D eigenvalue weighted by atomic mass is 79.9. The second-order valence-corrected chi connectivity index (χ2v) is 4.64. The molecule has 0 spiro atoms. The number of halogens is 2. The molecule has 1 aromatic heterocycles. The van der Waals surface area contributed by atoms with Gasteiger partial charge >= 0.3 is 0 Å². The average Bonchev–Trinajstić information content (AvgIpc) is 2.65. The van der Waals surface area contributed by atoms with Crippen molar-refractivity contribution in [3.63, 3.8) is 0 Å². The number of hydrogen-bond donors (Lipinski definition) is 1. The maximum Gasteiger partial charge on any atom is 0.228 e. The number of anilines is 1. The quantitative estimate of drug-likeness (QED) is 0.908. The second-order valence-electron chi connectivity index (χ2n) is 3.82. The summed E-state index contributed by atoms with van der Waals surface area (Å²) in [6.07, 6.45) is 3.54. The molecule has 2 atom stereocenters. The van der Waals surface area contributed by atoms with E-state index < -0.39 is 6.17 Å². The highest BCUT2D eigenvalue weighted by molar-refractivity contribution is 9.10. The van der Waals surface area contributed by atoms with Crippen LogP contribution in [0, 0.1) is 5.92 Å². The number of aromatic nitrogens is 2. The average molecular weight is 288 g/mol. The van der Waals surface area contributed by atoms with Crippen molar-refractivity contribution in [1.82, 2.24) is 9.97 Å². The second kappa shape index (κ2) is 4.86. The van der Waals surface area contributed by atoms with Gasteiger partial charge in [0.05, 0.1) is 12.4 Å². The van der Waals surface area contributed by atoms with E-state index >= 15 is 0 Å². The molecular weight excluding hydrogens is 277 g/mol. The number of rotatable bonds is 2. The van der Waals surface area contributed by atoms with Crippen molar-refractivity contribution in [3.8, 4) is 0 Å². The highest BCUT2D eigenvalue weighted by Crippen LogP contribution is 2.28. The summed E-state index contributed by atoms with van der Waals surface area (Å²) in [4.78, 5) is 19.6. The number of carbonyl (C=O) groups is 1. The van der Waals surface area contributed by atoms with Crippen LogP contribution in [0.5, 0.6) is 0 Å². The molecule has 4 nitrogen and oxygen atoms in total. The Morgan fingerprint density at radius 1 is 1.50 bits per heavy atom. The van der Waals surface area contributed by atoms with Gasteiger partial charge in [0.25, 0.3) is 0 Å². The number of hydrogen-bond acceptors (Lipinski definition) is 3. The molecule has 1 N–H and O–H groups in total. The number of nitrogens with zero attached hydrogens (tertiary/aromatic N) is 2. The minimum Gasteiger partial charge on any atom is -0.309 e. The van der Waals surface area contributed by atoms with Crippen molar-refractivity contribution in [2.45, 2.75) is 25.4 Å². The Hall–Kier alpha value is -1.04. The lowest BCUT2D eigenvalue weighted by atomic mass is 10.1. The normalized spacial score (nSPS) is 24.4. The first-order chi connectivity index (χ1) is 7.65. The predicted molar refractivity (Wildman–Crippen MR) is 60.6 cm³/mol. The lowest BCUT2D eigenvalue weighted by Gasteiger charge is -2.09. The molecule has 1 aliphatic carbocycles. The van der Waals surface area contributed by atoms with E-state index in [1.54, 1.807) is 0 Å². The molecule has 1 heterocycles. The highest BCUT2D eigenvalue weighted by Gasteiger charge is 2.29. The standard InChI is InChI=1S/C10H11BrFN3O/c11-8-4-13-5-9(14-8)15-10(16)6-1-2-7(12)3-6/h4-7H,1-3H2,(H,14,15,16)/t6-,7-/m0/s1. The van der Waals surface area contributed by atoms with Gasteiger partial charge in [-0.1, -0.05) is 0 Å². The summed E-state index contributed by atoms with van der Waals surface area (Å²) in [6.45, 7) is 0. The Labute approximate surface area is 101 Å². The van der Waals surface area contributed by atoms with Gasteiger partial charge in [-0.2, -0.15) is 0 Å². The molecule has 1 saturated carbocycles. The Morgan fingerprint density at radius 3 is 2.94 bits per heavy atom. The van der Waals surface area contributed by atoms with Gasteiger partial charge in [-0.3, -0.25) is 9.78 Å². The molecule has 16 heavy (non-hydrogen) atoms. The Kier molecular flexibility index (Phi) is 3.48. The van der Waals surface area contributed by atoms with Crippen LogP contribution >= 0.6 is 15.9 Å². The molecule has 2 rings (SSSR count). The molecule has 6 heteroatoms. The van der Waals surface area contributed by atoms with E-state index in [0.29, 0.717) is 29.7 Å². The number of carbonyl (C=O) groups excluding carboxylic acids is 1. The minimum atomic E-state index is -0.843. The van der Waals surface area contributed by atoms with Gasteiger partial charge in [-0.15, -0.1) is 0 Å². The van der Waals surface area contributed by atoms with Crippen LogP contribution in [0.25, 0.3) is 0 Å². The Bertz CT molecular complexity index is 401. The summed E-state index contributed by atoms with van der Waals surface area (Å²) in [5.41, 5.74) is 0. The van der Waals surface area contributed by atoms with Gasteiger partial charge in [0.2, 0.25) is 5.91 Å². The molecule has 0 bridgehead atoms. The number of amides is 1. The van der Waals surface area contributed by atoms with Crippen molar-refractivity contribution in [2.75, 3.05) is 5.32 Å². The molecule has 1 aliphatic rings. The van der Waals surface area contributed by atoms with E-state index in [1.165, 1.54) is 12.4 Å². The number of alkyl halides is 1. The van der Waals surface area contributed by atoms with Gasteiger partial charge in [0.15, 0.2) is 5.82 Å². The third-order valence-corrected chi connectivity index (χ3v) is 2.98. The fourth-order valence-corrected chi connectivity index (χ4v) is 2.10. The van der Waals surface area contributed by atoms with Crippen molar-refractivity contribution >= 4 is 27.7 Å². The van der Waals surface area contributed by atoms with Crippen molar-refractivity contribution in [3.05, 3.63) is 17.0 Å². The van der Waals surface area contributed by atoms with Crippen LogP contribution in [0.15, 0.2) is 17.0 Å². The maximum atomic E-state index is 12.9. The molecule has 0 unspecified atom stereocenters. The first-order valence-electron chi connectivity index (χ1n) is 5.07. The Morgan fingerprint density at radius 2 is 2.31 bits per heavy atom. The summed E-state index contributed by atoms with van der Waals surface area (Å²) >= 11 is 3.16. The molecule has 1 amide bonds. The van der Waals surface area contributed by atoms with E-state index in [1.807, 2.05) is 0 Å². The van der Waals surface area contributed by atoms with E-state index in [2.05, 4.69) is 31.2 Å². The molecule has 1 aromatic rings. The third kappa shape index (κ3) is 2.75. The van der Waals surface area contributed by atoms with E-state index in [0.717, 1.165) is 0 Å². The topological polar surface area (TPSA) is 54.9 Å². The zero-order valence-electron chi connectivity index (χ0n) is 8.49. The summed E-state index contributed by atoms with van der Waals surface area (Å²) in [6, 6.07) is 0. The summed E-state index contributed by atoms with van der Waals surface area (Å²) in [7, 11) is 0. The van der Waals surface area contributed by atoms with Gasteiger partial charge < -0.3 is 5.32 Å². The van der Waals surface area contributed by atoms with Crippen LogP contribution in [0.1, 0.15) is 19.3 Å². The van der Waals surface area contributed by atoms with E-state index in [9.17, 15) is 9.18 Å². The minimum absolute atomic E-state index is 0.174. The molecule has 1 fully saturated rings. The largest absolute Gasteiger partial charge is 0.309 e. The molecule has 0 aromatic carbocycles. The third-order valence-electron chi connectivity index (χ3n) is 2.60. The summed E-state index contributed by atoms with van der Waals surface area (Å²) < 4.78 is 13.5. The van der Waals surface area contributed by atoms with Crippen molar-refractivity contribution < 1.29 is 9.18 Å². The summed E-state index contributed by atoms with van der Waals surface area (Å²) in [5, 5.41) is 2.64. The van der Waals surface area contributed by atoms with Crippen LogP contribution in [0.2, 0.25) is 0 Å². The fourth-order valence-electron chi connectivity index (χ4n) is 1.80. The molecular formula is C10H11BrFN3O. The van der Waals surface area contributed by atoms with Crippen molar-refractivity contribution in [2.24, 2.45) is 5.92 Å². The van der Waals surface area contributed by atoms with Crippen LogP contribution in [-0.4, -0.2) is 22.0 Å². The van der Waals surface area contributed by atoms with Crippen LogP contribution in [-0.2, 0) is 4.79 Å². The van der Waals surface area contributed by atoms with Gasteiger partial charge in [-0.25, -0.2) is 9.37 Å². The first kappa shape index (κ1) is 11.4. The van der Waals surface area contributed by atoms with E-state index in [4.69, 9.17) is 0 Å². The lowest BCUT2D eigenvalue weighted by molar-refractivity contribution is -0.119.